The van der Waals surface area contributed by atoms with Crippen molar-refractivity contribution in [3.05, 3.63) is 33.6 Å². The molecular weight excluding hydrogens is 267 g/mol. The van der Waals surface area contributed by atoms with E-state index >= 15 is 0 Å². The number of aryl methyl sites for hydroxylation is 1. The van der Waals surface area contributed by atoms with Crippen molar-refractivity contribution in [2.75, 3.05) is 13.2 Å². The highest BCUT2D eigenvalue weighted by Gasteiger charge is 2.17. The third-order valence-corrected chi connectivity index (χ3v) is 2.64. The molecule has 1 rings (SSSR count). The van der Waals surface area contributed by atoms with Crippen molar-refractivity contribution < 1.29 is 19.2 Å². The molecule has 0 saturated heterocycles. The molecule has 112 valence electrons. The number of nitro groups is 1. The Morgan fingerprint density at radius 3 is 2.70 bits per heavy atom. The van der Waals surface area contributed by atoms with Crippen LogP contribution in [0.25, 0.3) is 0 Å². The molecule has 1 aromatic carbocycles. The van der Waals surface area contributed by atoms with Crippen molar-refractivity contribution in [3.63, 3.8) is 0 Å². The minimum atomic E-state index is -0.814. The Balaban J connectivity index is 2.65. The number of nitrogens with zero attached hydrogens (tertiary/aromatic N) is 1. The molecule has 0 amide bonds. The van der Waals surface area contributed by atoms with Crippen LogP contribution in [-0.2, 0) is 0 Å². The Bertz CT molecular complexity index is 480. The third-order valence-electron chi connectivity index (χ3n) is 2.64. The average molecular weight is 286 g/mol. The minimum Gasteiger partial charge on any atom is -0.488 e. The molecule has 0 spiro atoms. The largest absolute Gasteiger partial charge is 0.488 e. The van der Waals surface area contributed by atoms with Crippen LogP contribution in [0.3, 0.4) is 0 Å². The van der Waals surface area contributed by atoms with E-state index in [-0.39, 0.29) is 24.1 Å². The second-order valence-corrected chi connectivity index (χ2v) is 4.85. The molecule has 6 nitrogen and oxygen atoms in total. The van der Waals surface area contributed by atoms with Gasteiger partial charge >= 0.3 is 0 Å². The number of benzene rings is 1. The van der Waals surface area contributed by atoms with E-state index in [0.29, 0.717) is 12.1 Å². The summed E-state index contributed by atoms with van der Waals surface area (Å²) in [5.41, 5.74) is 0.0121. The van der Waals surface area contributed by atoms with Crippen LogP contribution >= 0.6 is 0 Å². The molecule has 0 aliphatic rings. The van der Waals surface area contributed by atoms with Gasteiger partial charge in [0.1, 0.15) is 12.7 Å². The molecular formula is C13H19FN2O4. The van der Waals surface area contributed by atoms with E-state index in [4.69, 9.17) is 4.74 Å². The first-order valence-corrected chi connectivity index (χ1v) is 6.30. The van der Waals surface area contributed by atoms with Gasteiger partial charge in [0.25, 0.3) is 5.69 Å². The molecule has 1 unspecified atom stereocenters. The summed E-state index contributed by atoms with van der Waals surface area (Å²) in [6.45, 7) is 5.61. The molecule has 0 aliphatic heterocycles. The van der Waals surface area contributed by atoms with Crippen LogP contribution in [0.2, 0.25) is 0 Å². The summed E-state index contributed by atoms with van der Waals surface area (Å²) in [6.07, 6.45) is -0.785. The standard InChI is InChI=1S/C13H19FN2O4/c1-8(2)15-6-10(17)7-20-13-4-9(3)12(16(18)19)5-11(13)14/h4-5,8,10,15,17H,6-7H2,1-3H3. The first kappa shape index (κ1) is 16.3. The van der Waals surface area contributed by atoms with Crippen LogP contribution in [0, 0.1) is 22.9 Å². The van der Waals surface area contributed by atoms with Gasteiger partial charge in [-0.25, -0.2) is 4.39 Å². The lowest BCUT2D eigenvalue weighted by atomic mass is 10.2. The topological polar surface area (TPSA) is 84.6 Å². The first-order valence-electron chi connectivity index (χ1n) is 6.30. The van der Waals surface area contributed by atoms with Gasteiger partial charge in [-0.1, -0.05) is 13.8 Å². The number of aliphatic hydroxyl groups excluding tert-OH is 1. The van der Waals surface area contributed by atoms with E-state index in [1.807, 2.05) is 13.8 Å². The van der Waals surface area contributed by atoms with Crippen molar-refractivity contribution in [2.45, 2.75) is 32.9 Å². The smallest absolute Gasteiger partial charge is 0.275 e. The van der Waals surface area contributed by atoms with E-state index in [1.165, 1.54) is 13.0 Å². The predicted molar refractivity (Wildman–Crippen MR) is 72.4 cm³/mol. The fourth-order valence-electron chi connectivity index (χ4n) is 1.57. The number of rotatable bonds is 7. The third kappa shape index (κ3) is 4.75. The maximum atomic E-state index is 13.6. The first-order chi connectivity index (χ1) is 9.31. The lowest BCUT2D eigenvalue weighted by Crippen LogP contribution is -2.35. The van der Waals surface area contributed by atoms with Crippen LogP contribution in [0.5, 0.6) is 5.75 Å². The van der Waals surface area contributed by atoms with Crippen LogP contribution < -0.4 is 10.1 Å². The maximum absolute atomic E-state index is 13.6. The molecule has 1 atom stereocenters. The Morgan fingerprint density at radius 2 is 2.15 bits per heavy atom. The zero-order chi connectivity index (χ0) is 15.3. The van der Waals surface area contributed by atoms with Gasteiger partial charge in [0.05, 0.1) is 11.0 Å². The highest BCUT2D eigenvalue weighted by atomic mass is 19.1. The van der Waals surface area contributed by atoms with Gasteiger partial charge in [0, 0.05) is 18.2 Å². The molecule has 2 N–H and O–H groups in total. The highest BCUT2D eigenvalue weighted by molar-refractivity contribution is 5.45. The van der Waals surface area contributed by atoms with Gasteiger partial charge in [-0.3, -0.25) is 10.1 Å². The zero-order valence-electron chi connectivity index (χ0n) is 11.7. The molecule has 0 fully saturated rings. The Hall–Kier alpha value is -1.73. The number of hydrogen-bond acceptors (Lipinski definition) is 5. The van der Waals surface area contributed by atoms with E-state index in [0.717, 1.165) is 6.07 Å². The molecule has 20 heavy (non-hydrogen) atoms. The second-order valence-electron chi connectivity index (χ2n) is 4.85. The summed E-state index contributed by atoms with van der Waals surface area (Å²) >= 11 is 0. The number of nitro benzene ring substituents is 1. The SMILES string of the molecule is Cc1cc(OCC(O)CNC(C)C)c(F)cc1[N+](=O)[O-]. The minimum absolute atomic E-state index is 0.0894. The summed E-state index contributed by atoms with van der Waals surface area (Å²) < 4.78 is 18.8. The fraction of sp³-hybridized carbons (Fsp3) is 0.538. The van der Waals surface area contributed by atoms with E-state index in [1.54, 1.807) is 0 Å². The van der Waals surface area contributed by atoms with Gasteiger partial charge < -0.3 is 15.2 Å². The lowest BCUT2D eigenvalue weighted by Gasteiger charge is -2.15. The fourth-order valence-corrected chi connectivity index (χ4v) is 1.57. The maximum Gasteiger partial charge on any atom is 0.275 e. The van der Waals surface area contributed by atoms with E-state index < -0.39 is 16.8 Å². The van der Waals surface area contributed by atoms with Gasteiger partial charge in [-0.2, -0.15) is 0 Å². The van der Waals surface area contributed by atoms with Crippen molar-refractivity contribution in [3.8, 4) is 5.75 Å². The summed E-state index contributed by atoms with van der Waals surface area (Å²) in [4.78, 5) is 10.0. The van der Waals surface area contributed by atoms with Crippen LogP contribution in [0.4, 0.5) is 10.1 Å². The highest BCUT2D eigenvalue weighted by Crippen LogP contribution is 2.26. The molecule has 7 heteroatoms. The molecule has 0 saturated carbocycles. The molecule has 0 heterocycles. The Kier molecular flexibility index (Phi) is 5.84. The van der Waals surface area contributed by atoms with Gasteiger partial charge in [-0.15, -0.1) is 0 Å². The second kappa shape index (κ2) is 7.16. The zero-order valence-corrected chi connectivity index (χ0v) is 11.7. The number of aliphatic hydroxyl groups is 1. The Morgan fingerprint density at radius 1 is 1.50 bits per heavy atom. The number of hydrogen-bond donors (Lipinski definition) is 2. The lowest BCUT2D eigenvalue weighted by molar-refractivity contribution is -0.385. The molecule has 0 aliphatic carbocycles. The Labute approximate surface area is 116 Å². The van der Waals surface area contributed by atoms with Crippen molar-refractivity contribution in [1.82, 2.24) is 5.32 Å². The number of ether oxygens (including phenoxy) is 1. The van der Waals surface area contributed by atoms with Crippen LogP contribution in [0.1, 0.15) is 19.4 Å². The van der Waals surface area contributed by atoms with Crippen molar-refractivity contribution in [1.29, 1.82) is 0 Å². The summed E-state index contributed by atoms with van der Waals surface area (Å²) in [7, 11) is 0. The van der Waals surface area contributed by atoms with E-state index in [2.05, 4.69) is 5.32 Å². The number of nitrogens with one attached hydrogen (secondary N) is 1. The van der Waals surface area contributed by atoms with Gasteiger partial charge in [-0.05, 0) is 13.0 Å². The number of halogens is 1. The normalized spacial score (nSPS) is 12.5. The van der Waals surface area contributed by atoms with Crippen molar-refractivity contribution >= 4 is 5.69 Å². The summed E-state index contributed by atoms with van der Waals surface area (Å²) in [6, 6.07) is 2.31. The van der Waals surface area contributed by atoms with E-state index in [9.17, 15) is 19.6 Å². The molecule has 0 aromatic heterocycles. The van der Waals surface area contributed by atoms with Gasteiger partial charge in [0.2, 0.25) is 0 Å². The predicted octanol–water partition coefficient (Wildman–Crippen LogP) is 1.78. The van der Waals surface area contributed by atoms with Crippen LogP contribution in [-0.4, -0.2) is 35.3 Å². The average Bonchev–Trinajstić information content (AvgIpc) is 2.36. The quantitative estimate of drug-likeness (QED) is 0.589. The molecule has 1 aromatic rings. The monoisotopic (exact) mass is 286 g/mol. The molecule has 0 bridgehead atoms. The summed E-state index contributed by atoms with van der Waals surface area (Å²) in [5, 5.41) is 23.3. The molecule has 0 radical (unpaired) electrons. The van der Waals surface area contributed by atoms with Crippen molar-refractivity contribution in [2.24, 2.45) is 0 Å². The van der Waals surface area contributed by atoms with Gasteiger partial charge in [0.15, 0.2) is 11.6 Å². The summed E-state index contributed by atoms with van der Waals surface area (Å²) in [5.74, 6) is -0.914. The van der Waals surface area contributed by atoms with Crippen LogP contribution in [0.15, 0.2) is 12.1 Å².